The van der Waals surface area contributed by atoms with Crippen molar-refractivity contribution in [1.29, 1.82) is 0 Å². The Kier molecular flexibility index (Phi) is 3.32. The molecule has 3 fully saturated rings. The molecule has 2 bridgehead atoms. The van der Waals surface area contributed by atoms with E-state index in [1.165, 1.54) is 19.3 Å². The van der Waals surface area contributed by atoms with Gasteiger partial charge in [-0.2, -0.15) is 0 Å². The van der Waals surface area contributed by atoms with Crippen molar-refractivity contribution in [3.63, 3.8) is 0 Å². The zero-order chi connectivity index (χ0) is 12.7. The summed E-state index contributed by atoms with van der Waals surface area (Å²) in [6, 6.07) is 0.779. The summed E-state index contributed by atoms with van der Waals surface area (Å²) in [5.74, 6) is 1.45. The van der Waals surface area contributed by atoms with Crippen LogP contribution < -0.4 is 16.8 Å². The minimum Gasteiger partial charge on any atom is -0.353 e. The van der Waals surface area contributed by atoms with Gasteiger partial charge in [0.1, 0.15) is 0 Å². The van der Waals surface area contributed by atoms with Gasteiger partial charge in [-0.25, -0.2) is 0 Å². The van der Waals surface area contributed by atoms with Gasteiger partial charge in [0.25, 0.3) is 0 Å². The second-order valence-corrected chi connectivity index (χ2v) is 6.56. The highest BCUT2D eigenvalue weighted by atomic mass is 16.2. The molecule has 4 nitrogen and oxygen atoms in total. The standard InChI is InChI=1S/C14H25N3O/c15-10-3-5-11(6-4-10)17-14(18)12-8-1-2-9(7-8)13(12)16/h8-13H,1-7,15-16H2,(H,17,18). The summed E-state index contributed by atoms with van der Waals surface area (Å²) in [4.78, 5) is 12.4. The van der Waals surface area contributed by atoms with E-state index < -0.39 is 0 Å². The Hall–Kier alpha value is -0.610. The molecule has 3 aliphatic rings. The van der Waals surface area contributed by atoms with Crippen LogP contribution in [-0.2, 0) is 4.79 Å². The maximum Gasteiger partial charge on any atom is 0.225 e. The van der Waals surface area contributed by atoms with E-state index in [0.29, 0.717) is 23.9 Å². The first-order chi connectivity index (χ1) is 8.65. The molecular weight excluding hydrogens is 226 g/mol. The lowest BCUT2D eigenvalue weighted by atomic mass is 9.83. The Labute approximate surface area is 109 Å². The fourth-order valence-corrected chi connectivity index (χ4v) is 4.29. The third-order valence-corrected chi connectivity index (χ3v) is 5.40. The van der Waals surface area contributed by atoms with Gasteiger partial charge in [0.05, 0.1) is 5.92 Å². The first kappa shape index (κ1) is 12.4. The highest BCUT2D eigenvalue weighted by molar-refractivity contribution is 5.80. The van der Waals surface area contributed by atoms with Crippen molar-refractivity contribution in [2.24, 2.45) is 29.2 Å². The predicted octanol–water partition coefficient (Wildman–Crippen LogP) is 0.746. The molecule has 3 saturated carbocycles. The number of nitrogens with one attached hydrogen (secondary N) is 1. The minimum absolute atomic E-state index is 0.0827. The van der Waals surface area contributed by atoms with Crippen LogP contribution in [-0.4, -0.2) is 24.0 Å². The number of hydrogen-bond acceptors (Lipinski definition) is 3. The Morgan fingerprint density at radius 2 is 1.61 bits per heavy atom. The van der Waals surface area contributed by atoms with Gasteiger partial charge >= 0.3 is 0 Å². The van der Waals surface area contributed by atoms with Crippen LogP contribution in [0.1, 0.15) is 44.9 Å². The van der Waals surface area contributed by atoms with Crippen molar-refractivity contribution >= 4 is 5.91 Å². The lowest BCUT2D eigenvalue weighted by Crippen LogP contribution is -2.49. The van der Waals surface area contributed by atoms with Gasteiger partial charge in [-0.1, -0.05) is 0 Å². The molecule has 102 valence electrons. The molecule has 3 aliphatic carbocycles. The number of carbonyl (C=O) groups excluding carboxylic acids is 1. The van der Waals surface area contributed by atoms with Crippen molar-refractivity contribution in [2.75, 3.05) is 0 Å². The topological polar surface area (TPSA) is 81.1 Å². The van der Waals surface area contributed by atoms with Crippen molar-refractivity contribution in [3.05, 3.63) is 0 Å². The van der Waals surface area contributed by atoms with Crippen LogP contribution in [0.4, 0.5) is 0 Å². The van der Waals surface area contributed by atoms with Gasteiger partial charge in [-0.05, 0) is 56.8 Å². The number of fused-ring (bicyclic) bond motifs is 2. The van der Waals surface area contributed by atoms with E-state index in [2.05, 4.69) is 5.32 Å². The largest absolute Gasteiger partial charge is 0.353 e. The number of carbonyl (C=O) groups is 1. The average molecular weight is 251 g/mol. The molecule has 0 aromatic carbocycles. The van der Waals surface area contributed by atoms with Crippen molar-refractivity contribution in [1.82, 2.24) is 5.32 Å². The van der Waals surface area contributed by atoms with Crippen LogP contribution in [0.2, 0.25) is 0 Å². The second kappa shape index (κ2) is 4.82. The Morgan fingerprint density at radius 3 is 2.22 bits per heavy atom. The van der Waals surface area contributed by atoms with Crippen LogP contribution in [0.25, 0.3) is 0 Å². The number of amides is 1. The summed E-state index contributed by atoms with van der Waals surface area (Å²) in [5, 5.41) is 3.22. The number of hydrogen-bond donors (Lipinski definition) is 3. The average Bonchev–Trinajstić information content (AvgIpc) is 2.92. The lowest BCUT2D eigenvalue weighted by Gasteiger charge is -2.31. The zero-order valence-electron chi connectivity index (χ0n) is 11.0. The highest BCUT2D eigenvalue weighted by Gasteiger charge is 2.49. The molecule has 4 unspecified atom stereocenters. The van der Waals surface area contributed by atoms with Gasteiger partial charge in [-0.15, -0.1) is 0 Å². The fraction of sp³-hybridized carbons (Fsp3) is 0.929. The van der Waals surface area contributed by atoms with Gasteiger partial charge < -0.3 is 16.8 Å². The quantitative estimate of drug-likeness (QED) is 0.677. The first-order valence-corrected chi connectivity index (χ1v) is 7.46. The summed E-state index contributed by atoms with van der Waals surface area (Å²) in [5.41, 5.74) is 12.1. The maximum absolute atomic E-state index is 12.4. The minimum atomic E-state index is 0.0827. The van der Waals surface area contributed by atoms with E-state index >= 15 is 0 Å². The molecule has 0 spiro atoms. The third-order valence-electron chi connectivity index (χ3n) is 5.40. The molecule has 0 aliphatic heterocycles. The molecule has 4 heteroatoms. The Balaban J connectivity index is 1.55. The monoisotopic (exact) mass is 251 g/mol. The van der Waals surface area contributed by atoms with E-state index in [-0.39, 0.29) is 17.9 Å². The fourth-order valence-electron chi connectivity index (χ4n) is 4.29. The summed E-state index contributed by atoms with van der Waals surface area (Å²) >= 11 is 0. The highest BCUT2D eigenvalue weighted by Crippen LogP contribution is 2.47. The second-order valence-electron chi connectivity index (χ2n) is 6.56. The van der Waals surface area contributed by atoms with Crippen LogP contribution in [0.3, 0.4) is 0 Å². The molecule has 4 atom stereocenters. The van der Waals surface area contributed by atoms with Crippen LogP contribution >= 0.6 is 0 Å². The molecule has 3 rings (SSSR count). The number of rotatable bonds is 2. The van der Waals surface area contributed by atoms with Crippen LogP contribution in [0.15, 0.2) is 0 Å². The third kappa shape index (κ3) is 2.16. The Morgan fingerprint density at radius 1 is 0.944 bits per heavy atom. The van der Waals surface area contributed by atoms with Gasteiger partial charge in [0, 0.05) is 18.1 Å². The lowest BCUT2D eigenvalue weighted by molar-refractivity contribution is -0.128. The molecule has 0 aromatic heterocycles. The molecule has 0 radical (unpaired) electrons. The zero-order valence-corrected chi connectivity index (χ0v) is 11.0. The van der Waals surface area contributed by atoms with Gasteiger partial charge in [-0.3, -0.25) is 4.79 Å². The van der Waals surface area contributed by atoms with Crippen LogP contribution in [0.5, 0.6) is 0 Å². The molecular formula is C14H25N3O. The molecule has 0 heterocycles. The molecule has 1 amide bonds. The maximum atomic E-state index is 12.4. The molecule has 5 N–H and O–H groups in total. The van der Waals surface area contributed by atoms with Gasteiger partial charge in [0.15, 0.2) is 0 Å². The summed E-state index contributed by atoms with van der Waals surface area (Å²) in [6.07, 6.45) is 7.74. The van der Waals surface area contributed by atoms with Gasteiger partial charge in [0.2, 0.25) is 5.91 Å². The SMILES string of the molecule is NC1CCC(NC(=O)C2C3CCC(C3)C2N)CC1. The van der Waals surface area contributed by atoms with Crippen molar-refractivity contribution in [2.45, 2.75) is 63.1 Å². The molecule has 0 aromatic rings. The molecule has 0 saturated heterocycles. The first-order valence-electron chi connectivity index (χ1n) is 7.46. The van der Waals surface area contributed by atoms with Crippen molar-refractivity contribution < 1.29 is 4.79 Å². The Bertz CT molecular complexity index is 323. The summed E-state index contributed by atoms with van der Waals surface area (Å²) in [7, 11) is 0. The van der Waals surface area contributed by atoms with Crippen molar-refractivity contribution in [3.8, 4) is 0 Å². The van der Waals surface area contributed by atoms with Crippen LogP contribution in [0, 0.1) is 17.8 Å². The van der Waals surface area contributed by atoms with E-state index in [1.807, 2.05) is 0 Å². The normalized spacial score (nSPS) is 47.2. The summed E-state index contributed by atoms with van der Waals surface area (Å²) in [6.45, 7) is 0. The predicted molar refractivity (Wildman–Crippen MR) is 70.7 cm³/mol. The number of nitrogens with two attached hydrogens (primary N) is 2. The summed E-state index contributed by atoms with van der Waals surface area (Å²) < 4.78 is 0. The van der Waals surface area contributed by atoms with E-state index in [1.54, 1.807) is 0 Å². The smallest absolute Gasteiger partial charge is 0.225 e. The van der Waals surface area contributed by atoms with E-state index in [0.717, 1.165) is 25.7 Å². The van der Waals surface area contributed by atoms with E-state index in [9.17, 15) is 4.79 Å². The van der Waals surface area contributed by atoms with E-state index in [4.69, 9.17) is 11.5 Å². The molecule has 18 heavy (non-hydrogen) atoms.